The Morgan fingerprint density at radius 2 is 1.83 bits per heavy atom. The molecule has 4 rings (SSSR count). The van der Waals surface area contributed by atoms with Crippen molar-refractivity contribution in [2.45, 2.75) is 50.7 Å². The summed E-state index contributed by atoms with van der Waals surface area (Å²) in [5, 5.41) is 6.96. The molecule has 150 valence electrons. The molecule has 29 heavy (non-hydrogen) atoms. The smallest absolute Gasteiger partial charge is 0.329 e. The number of ether oxygens (including phenoxy) is 1. The summed E-state index contributed by atoms with van der Waals surface area (Å²) in [6.45, 7) is 3.91. The standard InChI is InChI=1S/C23H25N3O3/c1-15(16-8-4-3-5-9-16)24-21(27)22(28)26-25-18-12-17-13-23(2,14-18)29-20-11-7-6-10-19(17)20/h3-11,15,17H,12-14H2,1-2H3,(H,24,27)(H,26,28)/b25-18-/t15-,17-,23-/m1/s1. The summed E-state index contributed by atoms with van der Waals surface area (Å²) < 4.78 is 6.20. The predicted molar refractivity (Wildman–Crippen MR) is 111 cm³/mol. The first-order chi connectivity index (χ1) is 13.9. The van der Waals surface area contributed by atoms with Crippen molar-refractivity contribution in [3.8, 4) is 5.75 Å². The van der Waals surface area contributed by atoms with Crippen molar-refractivity contribution < 1.29 is 14.3 Å². The number of benzene rings is 2. The maximum Gasteiger partial charge on any atom is 0.329 e. The third kappa shape index (κ3) is 4.16. The lowest BCUT2D eigenvalue weighted by Crippen LogP contribution is -2.45. The molecule has 0 spiro atoms. The van der Waals surface area contributed by atoms with Crippen LogP contribution in [-0.2, 0) is 9.59 Å². The Morgan fingerprint density at radius 3 is 2.62 bits per heavy atom. The van der Waals surface area contributed by atoms with Crippen LogP contribution >= 0.6 is 0 Å². The second-order valence-corrected chi connectivity index (χ2v) is 8.10. The monoisotopic (exact) mass is 391 g/mol. The van der Waals surface area contributed by atoms with E-state index in [1.807, 2.05) is 55.5 Å². The fourth-order valence-electron chi connectivity index (χ4n) is 4.28. The van der Waals surface area contributed by atoms with Crippen LogP contribution in [0.25, 0.3) is 0 Å². The van der Waals surface area contributed by atoms with Gasteiger partial charge in [-0.1, -0.05) is 48.5 Å². The lowest BCUT2D eigenvalue weighted by atomic mass is 9.73. The molecule has 2 bridgehead atoms. The Kier molecular flexibility index (Phi) is 5.09. The summed E-state index contributed by atoms with van der Waals surface area (Å²) >= 11 is 0. The highest BCUT2D eigenvalue weighted by molar-refractivity contribution is 6.35. The number of carbonyl (C=O) groups excluding carboxylic acids is 2. The molecule has 2 aliphatic rings. The molecule has 3 atom stereocenters. The van der Waals surface area contributed by atoms with E-state index < -0.39 is 11.8 Å². The van der Waals surface area contributed by atoms with E-state index in [9.17, 15) is 9.59 Å². The zero-order valence-corrected chi connectivity index (χ0v) is 16.6. The van der Waals surface area contributed by atoms with E-state index in [1.54, 1.807) is 0 Å². The van der Waals surface area contributed by atoms with Gasteiger partial charge in [0.1, 0.15) is 11.4 Å². The summed E-state index contributed by atoms with van der Waals surface area (Å²) in [7, 11) is 0. The Hall–Kier alpha value is -3.15. The maximum atomic E-state index is 12.2. The van der Waals surface area contributed by atoms with E-state index in [2.05, 4.69) is 28.8 Å². The quantitative estimate of drug-likeness (QED) is 0.621. The molecule has 1 fully saturated rings. The number of hydrazone groups is 1. The molecule has 2 aromatic carbocycles. The van der Waals surface area contributed by atoms with Gasteiger partial charge in [-0.3, -0.25) is 9.59 Å². The number of fused-ring (bicyclic) bond motifs is 4. The Morgan fingerprint density at radius 1 is 1.10 bits per heavy atom. The minimum absolute atomic E-state index is 0.264. The SMILES string of the molecule is C[C@@H](NC(=O)C(=O)N/N=C1/C[C@@H]2C[C@](C)(C1)Oc1ccccc12)c1ccccc1. The lowest BCUT2D eigenvalue weighted by Gasteiger charge is -2.44. The fourth-order valence-corrected chi connectivity index (χ4v) is 4.28. The first-order valence-electron chi connectivity index (χ1n) is 9.93. The van der Waals surface area contributed by atoms with Gasteiger partial charge in [-0.2, -0.15) is 5.10 Å². The van der Waals surface area contributed by atoms with Gasteiger partial charge in [-0.15, -0.1) is 0 Å². The molecule has 2 N–H and O–H groups in total. The predicted octanol–water partition coefficient (Wildman–Crippen LogP) is 3.45. The number of nitrogens with zero attached hydrogens (tertiary/aromatic N) is 1. The van der Waals surface area contributed by atoms with Crippen LogP contribution in [-0.4, -0.2) is 23.1 Å². The highest BCUT2D eigenvalue weighted by atomic mass is 16.5. The minimum atomic E-state index is -0.762. The van der Waals surface area contributed by atoms with Crippen molar-refractivity contribution in [1.29, 1.82) is 0 Å². The zero-order valence-electron chi connectivity index (χ0n) is 16.6. The molecular weight excluding hydrogens is 366 g/mol. The van der Waals surface area contributed by atoms with Crippen LogP contribution in [0.2, 0.25) is 0 Å². The highest BCUT2D eigenvalue weighted by Crippen LogP contribution is 2.47. The average Bonchev–Trinajstić information content (AvgIpc) is 2.71. The molecule has 6 nitrogen and oxygen atoms in total. The molecule has 1 heterocycles. The highest BCUT2D eigenvalue weighted by Gasteiger charge is 2.42. The van der Waals surface area contributed by atoms with E-state index in [1.165, 1.54) is 5.56 Å². The Balaban J connectivity index is 1.39. The molecular formula is C23H25N3O3. The van der Waals surface area contributed by atoms with Gasteiger partial charge in [0, 0.05) is 12.1 Å². The van der Waals surface area contributed by atoms with Gasteiger partial charge in [-0.25, -0.2) is 5.43 Å². The van der Waals surface area contributed by atoms with Crippen LogP contribution < -0.4 is 15.5 Å². The third-order valence-electron chi connectivity index (χ3n) is 5.62. The van der Waals surface area contributed by atoms with Crippen molar-refractivity contribution in [2.75, 3.05) is 0 Å². The number of amides is 2. The van der Waals surface area contributed by atoms with E-state index in [0.29, 0.717) is 12.3 Å². The topological polar surface area (TPSA) is 79.8 Å². The minimum Gasteiger partial charge on any atom is -0.487 e. The average molecular weight is 391 g/mol. The Bertz CT molecular complexity index is 957. The van der Waals surface area contributed by atoms with Crippen molar-refractivity contribution in [3.63, 3.8) is 0 Å². The zero-order chi connectivity index (χ0) is 20.4. The molecule has 0 aromatic heterocycles. The lowest BCUT2D eigenvalue weighted by molar-refractivity contribution is -0.139. The van der Waals surface area contributed by atoms with Gasteiger partial charge in [0.2, 0.25) is 0 Å². The van der Waals surface area contributed by atoms with Gasteiger partial charge >= 0.3 is 11.8 Å². The number of nitrogens with one attached hydrogen (secondary N) is 2. The van der Waals surface area contributed by atoms with Crippen molar-refractivity contribution >= 4 is 17.5 Å². The summed E-state index contributed by atoms with van der Waals surface area (Å²) in [4.78, 5) is 24.4. The third-order valence-corrected chi connectivity index (χ3v) is 5.62. The summed E-state index contributed by atoms with van der Waals surface area (Å²) in [6.07, 6.45) is 2.30. The molecule has 2 amide bonds. The largest absolute Gasteiger partial charge is 0.487 e. The number of para-hydroxylation sites is 1. The fraction of sp³-hybridized carbons (Fsp3) is 0.348. The van der Waals surface area contributed by atoms with Gasteiger partial charge in [0.15, 0.2) is 0 Å². The van der Waals surface area contributed by atoms with Crippen LogP contribution in [0.4, 0.5) is 0 Å². The second-order valence-electron chi connectivity index (χ2n) is 8.10. The van der Waals surface area contributed by atoms with Crippen LogP contribution in [0.3, 0.4) is 0 Å². The molecule has 1 aliphatic carbocycles. The van der Waals surface area contributed by atoms with E-state index in [4.69, 9.17) is 4.74 Å². The van der Waals surface area contributed by atoms with Crippen molar-refractivity contribution in [3.05, 3.63) is 65.7 Å². The molecule has 1 aliphatic heterocycles. The molecule has 0 unspecified atom stereocenters. The van der Waals surface area contributed by atoms with Gasteiger partial charge < -0.3 is 10.1 Å². The first kappa shape index (κ1) is 19.2. The molecule has 0 saturated heterocycles. The van der Waals surface area contributed by atoms with Crippen LogP contribution in [0.5, 0.6) is 5.75 Å². The van der Waals surface area contributed by atoms with Crippen LogP contribution in [0, 0.1) is 0 Å². The summed E-state index contributed by atoms with van der Waals surface area (Å²) in [5.41, 5.74) is 5.03. The first-order valence-corrected chi connectivity index (χ1v) is 9.93. The molecule has 0 radical (unpaired) electrons. The van der Waals surface area contributed by atoms with Gasteiger partial charge in [0.25, 0.3) is 0 Å². The van der Waals surface area contributed by atoms with Crippen LogP contribution in [0.1, 0.15) is 56.2 Å². The van der Waals surface area contributed by atoms with E-state index in [-0.39, 0.29) is 11.6 Å². The number of carbonyl (C=O) groups is 2. The summed E-state index contributed by atoms with van der Waals surface area (Å²) in [6, 6.07) is 17.3. The number of hydrogen-bond acceptors (Lipinski definition) is 4. The Labute approximate surface area is 170 Å². The van der Waals surface area contributed by atoms with Crippen molar-refractivity contribution in [1.82, 2.24) is 10.7 Å². The van der Waals surface area contributed by atoms with Gasteiger partial charge in [0.05, 0.1) is 6.04 Å². The number of rotatable bonds is 3. The maximum absolute atomic E-state index is 12.2. The van der Waals surface area contributed by atoms with E-state index >= 15 is 0 Å². The van der Waals surface area contributed by atoms with E-state index in [0.717, 1.165) is 29.9 Å². The normalized spacial score (nSPS) is 24.8. The number of hydrogen-bond donors (Lipinski definition) is 2. The molecule has 6 heteroatoms. The van der Waals surface area contributed by atoms with Crippen molar-refractivity contribution in [2.24, 2.45) is 5.10 Å². The van der Waals surface area contributed by atoms with Gasteiger partial charge in [-0.05, 0) is 49.8 Å². The van der Waals surface area contributed by atoms with Crippen LogP contribution in [0.15, 0.2) is 59.7 Å². The molecule has 1 saturated carbocycles. The second kappa shape index (κ2) is 7.70. The summed E-state index contributed by atoms with van der Waals surface area (Å²) in [5.74, 6) is -0.220. The molecule has 2 aromatic rings.